The van der Waals surface area contributed by atoms with Gasteiger partial charge in [-0.3, -0.25) is 18.7 Å². The number of carbonyl (C=O) groups excluding carboxylic acids is 1. The van der Waals surface area contributed by atoms with Gasteiger partial charge in [0.05, 0.1) is 10.9 Å². The number of benzene rings is 2. The molecule has 6 heteroatoms. The van der Waals surface area contributed by atoms with Crippen molar-refractivity contribution in [3.05, 3.63) is 81.0 Å². The molecule has 25 heavy (non-hydrogen) atoms. The lowest BCUT2D eigenvalue weighted by molar-refractivity contribution is -0.121. The van der Waals surface area contributed by atoms with Crippen LogP contribution in [-0.4, -0.2) is 15.0 Å². The van der Waals surface area contributed by atoms with Gasteiger partial charge in [0.25, 0.3) is 5.56 Å². The molecule has 0 fully saturated rings. The second-order valence-electron chi connectivity index (χ2n) is 5.70. The molecule has 0 bridgehead atoms. The molecule has 1 amide bonds. The molecule has 0 unspecified atom stereocenters. The highest BCUT2D eigenvalue weighted by Gasteiger charge is 2.14. The topological polar surface area (TPSA) is 73.1 Å². The predicted molar refractivity (Wildman–Crippen MR) is 96.4 cm³/mol. The van der Waals surface area contributed by atoms with Crippen molar-refractivity contribution in [1.82, 2.24) is 14.5 Å². The summed E-state index contributed by atoms with van der Waals surface area (Å²) >= 11 is 0. The lowest BCUT2D eigenvalue weighted by Crippen LogP contribution is -2.42. The first kappa shape index (κ1) is 16.7. The van der Waals surface area contributed by atoms with Crippen LogP contribution in [0.15, 0.2) is 64.2 Å². The van der Waals surface area contributed by atoms with Crippen LogP contribution < -0.4 is 16.6 Å². The molecule has 0 saturated carbocycles. The number of fused-ring (bicyclic) bond motifs is 1. The third kappa shape index (κ3) is 3.38. The molecule has 0 spiro atoms. The molecule has 3 aromatic rings. The molecular weight excluding hydrogens is 318 g/mol. The van der Waals surface area contributed by atoms with E-state index in [-0.39, 0.29) is 24.6 Å². The summed E-state index contributed by atoms with van der Waals surface area (Å²) < 4.78 is 2.49. The molecule has 0 saturated heterocycles. The fourth-order valence-corrected chi connectivity index (χ4v) is 2.80. The van der Waals surface area contributed by atoms with E-state index >= 15 is 0 Å². The number of aromatic nitrogens is 2. The quantitative estimate of drug-likeness (QED) is 0.767. The van der Waals surface area contributed by atoms with Crippen molar-refractivity contribution in [2.45, 2.75) is 26.6 Å². The summed E-state index contributed by atoms with van der Waals surface area (Å²) in [7, 11) is 0. The second-order valence-corrected chi connectivity index (χ2v) is 5.70. The van der Waals surface area contributed by atoms with E-state index in [1.807, 2.05) is 30.3 Å². The first-order valence-corrected chi connectivity index (χ1v) is 8.15. The van der Waals surface area contributed by atoms with Gasteiger partial charge in [0, 0.05) is 13.1 Å². The predicted octanol–water partition coefficient (Wildman–Crippen LogP) is 1.50. The summed E-state index contributed by atoms with van der Waals surface area (Å²) in [6.07, 6.45) is 0. The van der Waals surface area contributed by atoms with Crippen LogP contribution in [0.25, 0.3) is 10.9 Å². The SMILES string of the molecule is CCn1c(=O)c2ccccc2n(CC(=O)NCc2ccccc2)c1=O. The van der Waals surface area contributed by atoms with E-state index in [2.05, 4.69) is 5.32 Å². The lowest BCUT2D eigenvalue weighted by atomic mass is 10.2. The Morgan fingerprint density at radius 3 is 2.36 bits per heavy atom. The molecule has 128 valence electrons. The number of para-hydroxylation sites is 1. The number of nitrogens with zero attached hydrogens (tertiary/aromatic N) is 2. The Labute approximate surface area is 144 Å². The third-order valence-corrected chi connectivity index (χ3v) is 4.08. The highest BCUT2D eigenvalue weighted by Crippen LogP contribution is 2.07. The average Bonchev–Trinajstić information content (AvgIpc) is 2.65. The van der Waals surface area contributed by atoms with Gasteiger partial charge in [0.15, 0.2) is 0 Å². The van der Waals surface area contributed by atoms with Gasteiger partial charge in [-0.05, 0) is 24.6 Å². The van der Waals surface area contributed by atoms with Gasteiger partial charge >= 0.3 is 5.69 Å². The number of rotatable bonds is 5. The minimum absolute atomic E-state index is 0.132. The smallest absolute Gasteiger partial charge is 0.331 e. The maximum Gasteiger partial charge on any atom is 0.331 e. The summed E-state index contributed by atoms with van der Waals surface area (Å²) in [5.74, 6) is -0.280. The van der Waals surface area contributed by atoms with Crippen LogP contribution >= 0.6 is 0 Å². The van der Waals surface area contributed by atoms with E-state index < -0.39 is 5.69 Å². The molecule has 1 N–H and O–H groups in total. The van der Waals surface area contributed by atoms with Crippen molar-refractivity contribution < 1.29 is 4.79 Å². The maximum absolute atomic E-state index is 12.6. The second kappa shape index (κ2) is 7.17. The normalized spacial score (nSPS) is 10.8. The van der Waals surface area contributed by atoms with Crippen LogP contribution in [0.1, 0.15) is 12.5 Å². The first-order chi connectivity index (χ1) is 12.1. The summed E-state index contributed by atoms with van der Waals surface area (Å²) in [5, 5.41) is 3.24. The van der Waals surface area contributed by atoms with Gasteiger partial charge < -0.3 is 5.32 Å². The van der Waals surface area contributed by atoms with Crippen molar-refractivity contribution in [2.75, 3.05) is 0 Å². The first-order valence-electron chi connectivity index (χ1n) is 8.15. The van der Waals surface area contributed by atoms with Gasteiger partial charge in [0.2, 0.25) is 5.91 Å². The largest absolute Gasteiger partial charge is 0.350 e. The van der Waals surface area contributed by atoms with Gasteiger partial charge in [-0.15, -0.1) is 0 Å². The number of nitrogens with one attached hydrogen (secondary N) is 1. The van der Waals surface area contributed by atoms with E-state index in [0.29, 0.717) is 17.4 Å². The van der Waals surface area contributed by atoms with Crippen molar-refractivity contribution >= 4 is 16.8 Å². The molecule has 3 rings (SSSR count). The van der Waals surface area contributed by atoms with Gasteiger partial charge in [-0.1, -0.05) is 42.5 Å². The van der Waals surface area contributed by atoms with Gasteiger partial charge in [-0.25, -0.2) is 4.79 Å². The standard InChI is InChI=1S/C19H19N3O3/c1-2-21-18(24)15-10-6-7-11-16(15)22(19(21)25)13-17(23)20-12-14-8-4-3-5-9-14/h3-11H,2,12-13H2,1H3,(H,20,23). The van der Waals surface area contributed by atoms with Crippen molar-refractivity contribution in [3.63, 3.8) is 0 Å². The Balaban J connectivity index is 1.92. The molecule has 6 nitrogen and oxygen atoms in total. The summed E-state index contributed by atoms with van der Waals surface area (Å²) in [5.41, 5.74) is 0.647. The molecule has 0 atom stereocenters. The zero-order valence-electron chi connectivity index (χ0n) is 13.9. The molecule has 1 heterocycles. The lowest BCUT2D eigenvalue weighted by Gasteiger charge is -2.13. The number of hydrogen-bond acceptors (Lipinski definition) is 3. The van der Waals surface area contributed by atoms with Crippen LogP contribution in [0.2, 0.25) is 0 Å². The number of amides is 1. The Morgan fingerprint density at radius 2 is 1.64 bits per heavy atom. The van der Waals surface area contributed by atoms with Gasteiger partial charge in [-0.2, -0.15) is 0 Å². The number of hydrogen-bond donors (Lipinski definition) is 1. The van der Waals surface area contributed by atoms with Crippen molar-refractivity contribution in [2.24, 2.45) is 0 Å². The third-order valence-electron chi connectivity index (χ3n) is 4.08. The van der Waals surface area contributed by atoms with Crippen LogP contribution in [-0.2, 0) is 24.4 Å². The van der Waals surface area contributed by atoms with E-state index in [1.165, 1.54) is 4.57 Å². The Morgan fingerprint density at radius 1 is 0.960 bits per heavy atom. The average molecular weight is 337 g/mol. The monoisotopic (exact) mass is 337 g/mol. The number of carbonyl (C=O) groups is 1. The molecule has 1 aromatic heterocycles. The molecule has 0 aliphatic rings. The molecular formula is C19H19N3O3. The molecule has 0 aliphatic heterocycles. The minimum Gasteiger partial charge on any atom is -0.350 e. The zero-order valence-corrected chi connectivity index (χ0v) is 13.9. The molecule has 2 aromatic carbocycles. The maximum atomic E-state index is 12.6. The Kier molecular flexibility index (Phi) is 4.79. The Hall–Kier alpha value is -3.15. The Bertz CT molecular complexity index is 1020. The minimum atomic E-state index is -0.471. The van der Waals surface area contributed by atoms with Crippen molar-refractivity contribution in [1.29, 1.82) is 0 Å². The summed E-state index contributed by atoms with van der Waals surface area (Å²) in [4.78, 5) is 37.3. The summed E-state index contributed by atoms with van der Waals surface area (Å²) in [6.45, 7) is 2.25. The van der Waals surface area contributed by atoms with Crippen LogP contribution in [0.3, 0.4) is 0 Å². The zero-order chi connectivity index (χ0) is 17.8. The van der Waals surface area contributed by atoms with Crippen LogP contribution in [0.4, 0.5) is 0 Å². The highest BCUT2D eigenvalue weighted by atomic mass is 16.2. The highest BCUT2D eigenvalue weighted by molar-refractivity contribution is 5.81. The molecule has 0 radical (unpaired) electrons. The van der Waals surface area contributed by atoms with Gasteiger partial charge in [0.1, 0.15) is 6.54 Å². The van der Waals surface area contributed by atoms with E-state index in [0.717, 1.165) is 10.1 Å². The van der Waals surface area contributed by atoms with Crippen LogP contribution in [0, 0.1) is 0 Å². The summed E-state index contributed by atoms with van der Waals surface area (Å²) in [6, 6.07) is 16.4. The fraction of sp³-hybridized carbons (Fsp3) is 0.211. The fourth-order valence-electron chi connectivity index (χ4n) is 2.80. The van der Waals surface area contributed by atoms with E-state index in [1.54, 1.807) is 31.2 Å². The van der Waals surface area contributed by atoms with E-state index in [4.69, 9.17) is 0 Å². The van der Waals surface area contributed by atoms with Crippen LogP contribution in [0.5, 0.6) is 0 Å². The van der Waals surface area contributed by atoms with E-state index in [9.17, 15) is 14.4 Å². The molecule has 0 aliphatic carbocycles. The van der Waals surface area contributed by atoms with Crippen molar-refractivity contribution in [3.8, 4) is 0 Å².